The van der Waals surface area contributed by atoms with Gasteiger partial charge in [0.15, 0.2) is 5.13 Å². The lowest BCUT2D eigenvalue weighted by Crippen LogP contribution is -2.05. The van der Waals surface area contributed by atoms with Gasteiger partial charge in [-0.1, -0.05) is 0 Å². The van der Waals surface area contributed by atoms with Crippen molar-refractivity contribution in [2.45, 2.75) is 13.3 Å². The SMILES string of the molecule is CCOC(=O)Cc1ccc(-c2csc(Nc3ccc(OC)cc3)n2)s1. The van der Waals surface area contributed by atoms with Crippen LogP contribution >= 0.6 is 22.7 Å². The molecule has 2 aromatic heterocycles. The summed E-state index contributed by atoms with van der Waals surface area (Å²) in [6.07, 6.45) is 0.305. The van der Waals surface area contributed by atoms with Gasteiger partial charge in [0.2, 0.25) is 0 Å². The summed E-state index contributed by atoms with van der Waals surface area (Å²) >= 11 is 3.11. The van der Waals surface area contributed by atoms with Crippen LogP contribution in [0.15, 0.2) is 41.8 Å². The van der Waals surface area contributed by atoms with Gasteiger partial charge in [-0.2, -0.15) is 0 Å². The monoisotopic (exact) mass is 374 g/mol. The van der Waals surface area contributed by atoms with Crippen molar-refractivity contribution < 1.29 is 14.3 Å². The first kappa shape index (κ1) is 17.4. The fourth-order valence-corrected chi connectivity index (χ4v) is 3.97. The lowest BCUT2D eigenvalue weighted by molar-refractivity contribution is -0.142. The summed E-state index contributed by atoms with van der Waals surface area (Å²) in [4.78, 5) is 18.2. The van der Waals surface area contributed by atoms with Crippen molar-refractivity contribution in [2.75, 3.05) is 19.0 Å². The van der Waals surface area contributed by atoms with Crippen LogP contribution in [0.5, 0.6) is 5.75 Å². The molecule has 0 unspecified atom stereocenters. The third-order valence-corrected chi connectivity index (χ3v) is 5.25. The quantitative estimate of drug-likeness (QED) is 0.606. The van der Waals surface area contributed by atoms with E-state index < -0.39 is 0 Å². The van der Waals surface area contributed by atoms with E-state index >= 15 is 0 Å². The van der Waals surface area contributed by atoms with E-state index in [1.54, 1.807) is 29.8 Å². The average molecular weight is 374 g/mol. The molecular formula is C18H18N2O3S2. The first-order chi connectivity index (χ1) is 12.2. The number of ether oxygens (including phenoxy) is 2. The lowest BCUT2D eigenvalue weighted by atomic mass is 10.3. The van der Waals surface area contributed by atoms with Crippen molar-refractivity contribution >= 4 is 39.5 Å². The van der Waals surface area contributed by atoms with Gasteiger partial charge < -0.3 is 14.8 Å². The molecule has 1 N–H and O–H groups in total. The fourth-order valence-electron chi connectivity index (χ4n) is 2.21. The highest BCUT2D eigenvalue weighted by molar-refractivity contribution is 7.17. The van der Waals surface area contributed by atoms with Gasteiger partial charge in [-0.3, -0.25) is 4.79 Å². The minimum atomic E-state index is -0.198. The third kappa shape index (κ3) is 4.58. The van der Waals surface area contributed by atoms with E-state index in [4.69, 9.17) is 9.47 Å². The second kappa shape index (κ2) is 8.13. The van der Waals surface area contributed by atoms with Gasteiger partial charge in [0.05, 0.1) is 30.7 Å². The molecule has 0 saturated carbocycles. The van der Waals surface area contributed by atoms with Crippen LogP contribution < -0.4 is 10.1 Å². The number of methoxy groups -OCH3 is 1. The molecule has 3 rings (SSSR count). The van der Waals surface area contributed by atoms with Crippen molar-refractivity contribution in [1.29, 1.82) is 0 Å². The van der Waals surface area contributed by atoms with Crippen LogP contribution in [-0.4, -0.2) is 24.7 Å². The van der Waals surface area contributed by atoms with Crippen LogP contribution in [0.1, 0.15) is 11.8 Å². The Bertz CT molecular complexity index is 840. The van der Waals surface area contributed by atoms with Gasteiger partial charge in [-0.15, -0.1) is 22.7 Å². The van der Waals surface area contributed by atoms with Gasteiger partial charge in [0.1, 0.15) is 5.75 Å². The summed E-state index contributed by atoms with van der Waals surface area (Å²) in [6, 6.07) is 11.6. The predicted molar refractivity (Wildman–Crippen MR) is 102 cm³/mol. The molecular weight excluding hydrogens is 356 g/mol. The number of hydrogen-bond donors (Lipinski definition) is 1. The molecule has 3 aromatic rings. The van der Waals surface area contributed by atoms with Crippen LogP contribution in [-0.2, 0) is 16.0 Å². The number of carbonyl (C=O) groups is 1. The average Bonchev–Trinajstić information content (AvgIpc) is 3.25. The van der Waals surface area contributed by atoms with Crippen LogP contribution in [0.4, 0.5) is 10.8 Å². The summed E-state index contributed by atoms with van der Waals surface area (Å²) < 4.78 is 10.1. The minimum Gasteiger partial charge on any atom is -0.497 e. The highest BCUT2D eigenvalue weighted by atomic mass is 32.1. The highest BCUT2D eigenvalue weighted by Crippen LogP contribution is 2.32. The molecule has 0 aliphatic carbocycles. The molecule has 0 aliphatic rings. The molecule has 0 amide bonds. The topological polar surface area (TPSA) is 60.5 Å². The highest BCUT2D eigenvalue weighted by Gasteiger charge is 2.11. The number of nitrogens with zero attached hydrogens (tertiary/aromatic N) is 1. The number of esters is 1. The van der Waals surface area contributed by atoms with E-state index in [-0.39, 0.29) is 5.97 Å². The Morgan fingerprint density at radius 1 is 1.20 bits per heavy atom. The number of nitrogens with one attached hydrogen (secondary N) is 1. The Morgan fingerprint density at radius 2 is 2.00 bits per heavy atom. The fraction of sp³-hybridized carbons (Fsp3) is 0.222. The Kier molecular flexibility index (Phi) is 5.67. The number of carbonyl (C=O) groups excluding carboxylic acids is 1. The van der Waals surface area contributed by atoms with Crippen molar-refractivity contribution in [3.63, 3.8) is 0 Å². The molecule has 0 radical (unpaired) electrons. The number of thiazole rings is 1. The maximum atomic E-state index is 11.6. The molecule has 0 spiro atoms. The van der Waals surface area contributed by atoms with Gasteiger partial charge in [0, 0.05) is 15.9 Å². The molecule has 7 heteroatoms. The van der Waals surface area contributed by atoms with E-state index in [1.165, 1.54) is 0 Å². The summed E-state index contributed by atoms with van der Waals surface area (Å²) in [5, 5.41) is 6.11. The van der Waals surface area contributed by atoms with Gasteiger partial charge in [-0.05, 0) is 43.3 Å². The van der Waals surface area contributed by atoms with E-state index in [0.29, 0.717) is 13.0 Å². The number of anilines is 2. The summed E-state index contributed by atoms with van der Waals surface area (Å²) in [5.41, 5.74) is 1.86. The van der Waals surface area contributed by atoms with E-state index in [9.17, 15) is 4.79 Å². The zero-order chi connectivity index (χ0) is 17.6. The lowest BCUT2D eigenvalue weighted by Gasteiger charge is -2.03. The van der Waals surface area contributed by atoms with E-state index in [0.717, 1.165) is 32.0 Å². The van der Waals surface area contributed by atoms with Gasteiger partial charge in [-0.25, -0.2) is 4.98 Å². The third-order valence-electron chi connectivity index (χ3n) is 3.38. The zero-order valence-electron chi connectivity index (χ0n) is 13.9. The van der Waals surface area contributed by atoms with Gasteiger partial charge >= 0.3 is 5.97 Å². The van der Waals surface area contributed by atoms with E-state index in [1.807, 2.05) is 48.7 Å². The molecule has 0 saturated heterocycles. The first-order valence-corrected chi connectivity index (χ1v) is 9.49. The maximum Gasteiger partial charge on any atom is 0.311 e. The second-order valence-electron chi connectivity index (χ2n) is 5.14. The maximum absolute atomic E-state index is 11.6. The first-order valence-electron chi connectivity index (χ1n) is 7.79. The molecule has 0 aliphatic heterocycles. The number of thiophene rings is 1. The molecule has 25 heavy (non-hydrogen) atoms. The normalized spacial score (nSPS) is 10.5. The molecule has 0 fully saturated rings. The molecule has 0 atom stereocenters. The largest absolute Gasteiger partial charge is 0.497 e. The Balaban J connectivity index is 1.66. The van der Waals surface area contributed by atoms with Crippen LogP contribution in [0.3, 0.4) is 0 Å². The van der Waals surface area contributed by atoms with Crippen molar-refractivity contribution in [2.24, 2.45) is 0 Å². The van der Waals surface area contributed by atoms with Crippen molar-refractivity contribution in [3.05, 3.63) is 46.7 Å². The standard InChI is InChI=1S/C18H18N2O3S2/c1-3-23-17(21)10-14-8-9-16(25-14)15-11-24-18(20-15)19-12-4-6-13(22-2)7-5-12/h4-9,11H,3,10H2,1-2H3,(H,19,20). The summed E-state index contributed by atoms with van der Waals surface area (Å²) in [7, 11) is 1.65. The Morgan fingerprint density at radius 3 is 2.72 bits per heavy atom. The minimum absolute atomic E-state index is 0.198. The smallest absolute Gasteiger partial charge is 0.311 e. The van der Waals surface area contributed by atoms with Crippen LogP contribution in [0.2, 0.25) is 0 Å². The summed E-state index contributed by atoms with van der Waals surface area (Å²) in [6.45, 7) is 2.22. The Labute approximate surface area is 154 Å². The Hall–Kier alpha value is -2.38. The number of rotatable bonds is 7. The molecule has 1 aromatic carbocycles. The number of benzene rings is 1. The number of aromatic nitrogens is 1. The molecule has 2 heterocycles. The second-order valence-corrected chi connectivity index (χ2v) is 7.17. The molecule has 130 valence electrons. The summed E-state index contributed by atoms with van der Waals surface area (Å²) in [5.74, 6) is 0.620. The van der Waals surface area contributed by atoms with Crippen molar-refractivity contribution in [1.82, 2.24) is 4.98 Å². The van der Waals surface area contributed by atoms with Crippen molar-refractivity contribution in [3.8, 4) is 16.3 Å². The van der Waals surface area contributed by atoms with E-state index in [2.05, 4.69) is 10.3 Å². The molecule has 0 bridgehead atoms. The van der Waals surface area contributed by atoms with Crippen LogP contribution in [0.25, 0.3) is 10.6 Å². The molecule has 5 nitrogen and oxygen atoms in total. The predicted octanol–water partition coefficient (Wildman–Crippen LogP) is 4.73. The zero-order valence-corrected chi connectivity index (χ0v) is 15.6. The number of hydrogen-bond acceptors (Lipinski definition) is 7. The van der Waals surface area contributed by atoms with Gasteiger partial charge in [0.25, 0.3) is 0 Å². The van der Waals surface area contributed by atoms with Crippen LogP contribution in [0, 0.1) is 0 Å².